The topological polar surface area (TPSA) is 126 Å². The highest BCUT2D eigenvalue weighted by Gasteiger charge is 2.67. The lowest BCUT2D eigenvalue weighted by molar-refractivity contribution is -0.364. The maximum absolute atomic E-state index is 11.2. The number of aliphatic carboxylic acids is 1. The summed E-state index contributed by atoms with van der Waals surface area (Å²) in [7, 11) is 0. The summed E-state index contributed by atoms with van der Waals surface area (Å²) in [6, 6.07) is 0. The molecule has 0 aromatic heterocycles. The summed E-state index contributed by atoms with van der Waals surface area (Å²) in [4.78, 5) is 26.2. The van der Waals surface area contributed by atoms with Gasteiger partial charge >= 0.3 is 5.97 Å². The average Bonchev–Trinajstić information content (AvgIpc) is 3.13. The normalized spacial score (nSPS) is 49.1. The van der Waals surface area contributed by atoms with Gasteiger partial charge in [-0.25, -0.2) is 14.7 Å². The molecule has 0 spiro atoms. The van der Waals surface area contributed by atoms with E-state index in [-0.39, 0.29) is 71.1 Å². The lowest BCUT2D eigenvalue weighted by Crippen LogP contribution is -2.63. The zero-order valence-electron chi connectivity index (χ0n) is 19.5. The highest BCUT2D eigenvalue weighted by Crippen LogP contribution is 2.69. The van der Waals surface area contributed by atoms with Crippen LogP contribution in [0, 0.1) is 46.3 Å². The van der Waals surface area contributed by atoms with Gasteiger partial charge in [-0.05, 0) is 92.3 Å². The molecule has 32 heavy (non-hydrogen) atoms. The van der Waals surface area contributed by atoms with Gasteiger partial charge < -0.3 is 5.11 Å². The molecule has 0 aliphatic heterocycles. The first kappa shape index (κ1) is 24.4. The molecule has 11 atom stereocenters. The van der Waals surface area contributed by atoms with Crippen LogP contribution in [0.25, 0.3) is 0 Å². The summed E-state index contributed by atoms with van der Waals surface area (Å²) in [5.41, 5.74) is -0.306. The molecule has 1 unspecified atom stereocenters. The lowest BCUT2D eigenvalue weighted by Gasteiger charge is -2.63. The summed E-state index contributed by atoms with van der Waals surface area (Å²) < 4.78 is 0. The molecule has 0 radical (unpaired) electrons. The summed E-state index contributed by atoms with van der Waals surface area (Å²) in [6.07, 6.45) is 5.71. The van der Waals surface area contributed by atoms with Crippen LogP contribution in [-0.4, -0.2) is 45.2 Å². The minimum atomic E-state index is -0.780. The Morgan fingerprint density at radius 2 is 1.75 bits per heavy atom. The molecule has 4 aliphatic carbocycles. The Morgan fingerprint density at radius 1 is 1.00 bits per heavy atom. The summed E-state index contributed by atoms with van der Waals surface area (Å²) in [5, 5.41) is 38.4. The fraction of sp³-hybridized carbons (Fsp3) is 0.958. The average molecular weight is 457 g/mol. The predicted molar refractivity (Wildman–Crippen MR) is 115 cm³/mol. The van der Waals surface area contributed by atoms with Gasteiger partial charge in [0.05, 0.1) is 18.3 Å². The van der Waals surface area contributed by atoms with Gasteiger partial charge in [0.1, 0.15) is 0 Å². The molecular formula is C24H40O8. The zero-order chi connectivity index (χ0) is 23.3. The van der Waals surface area contributed by atoms with E-state index in [2.05, 4.69) is 25.7 Å². The highest BCUT2D eigenvalue weighted by atomic mass is 17.1. The molecule has 0 amide bonds. The minimum Gasteiger partial charge on any atom is -0.481 e. The Morgan fingerprint density at radius 3 is 2.38 bits per heavy atom. The van der Waals surface area contributed by atoms with Crippen LogP contribution in [0.15, 0.2) is 0 Å². The van der Waals surface area contributed by atoms with E-state index in [0.29, 0.717) is 12.8 Å². The van der Waals surface area contributed by atoms with E-state index >= 15 is 0 Å². The van der Waals surface area contributed by atoms with Gasteiger partial charge in [-0.1, -0.05) is 20.8 Å². The Kier molecular flexibility index (Phi) is 6.94. The highest BCUT2D eigenvalue weighted by molar-refractivity contribution is 5.66. The first-order valence-corrected chi connectivity index (χ1v) is 12.3. The smallest absolute Gasteiger partial charge is 0.303 e. The number of carboxylic acids is 1. The summed E-state index contributed by atoms with van der Waals surface area (Å²) in [5.74, 6) is 0.515. The molecule has 8 heteroatoms. The number of hydrogen-bond donors (Lipinski definition) is 4. The predicted octanol–water partition coefficient (Wildman–Crippen LogP) is 4.94. The fourth-order valence-electron chi connectivity index (χ4n) is 8.98. The van der Waals surface area contributed by atoms with Crippen molar-refractivity contribution in [2.45, 2.75) is 96.9 Å². The van der Waals surface area contributed by atoms with Crippen LogP contribution in [0.5, 0.6) is 0 Å². The number of rotatable bonds is 7. The molecular weight excluding hydrogens is 416 g/mol. The van der Waals surface area contributed by atoms with Crippen molar-refractivity contribution in [2.75, 3.05) is 0 Å². The van der Waals surface area contributed by atoms with E-state index in [9.17, 15) is 20.6 Å². The van der Waals surface area contributed by atoms with Gasteiger partial charge in [0.15, 0.2) is 0 Å². The maximum atomic E-state index is 11.2. The zero-order valence-corrected chi connectivity index (χ0v) is 19.5. The summed E-state index contributed by atoms with van der Waals surface area (Å²) >= 11 is 0. The van der Waals surface area contributed by atoms with E-state index < -0.39 is 5.97 Å². The standard InChI is InChI=1S/C24H40O8/c1-13(4-7-21(25)26)16-5-6-17-22-18(12-20(32-29)24(16,17)3)23(2)9-8-15(30-27)10-14(23)11-19(22)31-28/h13-20,22,27-29H,4-12H2,1-3H3,(H,25,26)/t13-,14+,15?,16-,17+,18+,19-,20+,22+,23+,24-/m1/s1. The number of fused-ring (bicyclic) bond motifs is 5. The van der Waals surface area contributed by atoms with Crippen molar-refractivity contribution in [2.24, 2.45) is 46.3 Å². The molecule has 0 heterocycles. The lowest BCUT2D eigenvalue weighted by atomic mass is 9.43. The van der Waals surface area contributed by atoms with E-state index in [4.69, 9.17) is 14.9 Å². The molecule has 0 aromatic rings. The van der Waals surface area contributed by atoms with E-state index in [1.807, 2.05) is 0 Å². The van der Waals surface area contributed by atoms with Crippen LogP contribution in [-0.2, 0) is 19.5 Å². The third-order valence-corrected chi connectivity index (χ3v) is 10.7. The van der Waals surface area contributed by atoms with E-state index in [1.165, 1.54) is 0 Å². The van der Waals surface area contributed by atoms with Gasteiger partial charge in [-0.15, -0.1) is 0 Å². The Hall–Kier alpha value is -0.770. The number of carboxylic acid groups (broad SMARTS) is 1. The second-order valence-corrected chi connectivity index (χ2v) is 11.7. The van der Waals surface area contributed by atoms with Gasteiger partial charge in [-0.3, -0.25) is 20.6 Å². The monoisotopic (exact) mass is 456 g/mol. The summed E-state index contributed by atoms with van der Waals surface area (Å²) in [6.45, 7) is 6.63. The third kappa shape index (κ3) is 3.71. The molecule has 0 saturated heterocycles. The second-order valence-electron chi connectivity index (χ2n) is 11.7. The van der Waals surface area contributed by atoms with E-state index in [0.717, 1.165) is 38.5 Å². The molecule has 4 rings (SSSR count). The van der Waals surface area contributed by atoms with Crippen molar-refractivity contribution < 1.29 is 40.3 Å². The molecule has 4 saturated carbocycles. The number of carbonyl (C=O) groups is 1. The quantitative estimate of drug-likeness (QED) is 0.313. The molecule has 4 N–H and O–H groups in total. The Balaban J connectivity index is 1.65. The Labute approximate surface area is 190 Å². The third-order valence-electron chi connectivity index (χ3n) is 10.7. The van der Waals surface area contributed by atoms with Crippen LogP contribution < -0.4 is 0 Å². The van der Waals surface area contributed by atoms with Crippen molar-refractivity contribution >= 4 is 5.97 Å². The maximum Gasteiger partial charge on any atom is 0.303 e. The van der Waals surface area contributed by atoms with Crippen LogP contribution in [0.4, 0.5) is 0 Å². The van der Waals surface area contributed by atoms with Gasteiger partial charge in [0, 0.05) is 11.8 Å². The van der Waals surface area contributed by atoms with Crippen LogP contribution in [0.2, 0.25) is 0 Å². The van der Waals surface area contributed by atoms with Crippen molar-refractivity contribution in [3.8, 4) is 0 Å². The van der Waals surface area contributed by atoms with Crippen molar-refractivity contribution in [1.82, 2.24) is 0 Å². The van der Waals surface area contributed by atoms with Crippen LogP contribution in [0.1, 0.15) is 78.6 Å². The van der Waals surface area contributed by atoms with Gasteiger partial charge in [0.2, 0.25) is 0 Å². The SMILES string of the molecule is C[C@H](CCC(=O)O)[C@H]1CC[C@H]2[C@@H]3[C@H](OO)C[C@@H]4CC(OO)CC[C@]4(C)[C@H]3C[C@H](OO)[C@]12C. The molecule has 0 aromatic carbocycles. The first-order chi connectivity index (χ1) is 15.2. The van der Waals surface area contributed by atoms with Crippen molar-refractivity contribution in [1.29, 1.82) is 0 Å². The van der Waals surface area contributed by atoms with E-state index in [1.54, 1.807) is 0 Å². The van der Waals surface area contributed by atoms with Crippen molar-refractivity contribution in [3.63, 3.8) is 0 Å². The number of hydrogen-bond acceptors (Lipinski definition) is 7. The molecule has 184 valence electrons. The molecule has 0 bridgehead atoms. The minimum absolute atomic E-state index is 0.000152. The van der Waals surface area contributed by atoms with Gasteiger partial charge in [0.25, 0.3) is 0 Å². The Bertz CT molecular complexity index is 687. The molecule has 4 aliphatic rings. The van der Waals surface area contributed by atoms with Gasteiger partial charge in [-0.2, -0.15) is 0 Å². The van der Waals surface area contributed by atoms with Crippen LogP contribution >= 0.6 is 0 Å². The van der Waals surface area contributed by atoms with Crippen LogP contribution in [0.3, 0.4) is 0 Å². The molecule has 8 nitrogen and oxygen atoms in total. The first-order valence-electron chi connectivity index (χ1n) is 12.3. The fourth-order valence-corrected chi connectivity index (χ4v) is 8.98. The van der Waals surface area contributed by atoms with Crippen molar-refractivity contribution in [3.05, 3.63) is 0 Å². The second kappa shape index (κ2) is 9.12. The largest absolute Gasteiger partial charge is 0.481 e. The molecule has 4 fully saturated rings.